The van der Waals surface area contributed by atoms with Crippen LogP contribution < -0.4 is 4.74 Å². The van der Waals surface area contributed by atoms with Crippen LogP contribution in [0.3, 0.4) is 0 Å². The maximum atomic E-state index is 10.7. The fourth-order valence-electron chi connectivity index (χ4n) is 1.61. The molecule has 0 heterocycles. The van der Waals surface area contributed by atoms with Gasteiger partial charge in [-0.3, -0.25) is 10.1 Å². The van der Waals surface area contributed by atoms with Crippen LogP contribution in [0, 0.1) is 22.5 Å². The van der Waals surface area contributed by atoms with E-state index in [4.69, 9.17) is 4.74 Å². The van der Waals surface area contributed by atoms with Crippen molar-refractivity contribution < 1.29 is 9.66 Å². The molecule has 0 bridgehead atoms. The third kappa shape index (κ3) is 2.72. The second kappa shape index (κ2) is 4.56. The zero-order chi connectivity index (χ0) is 12.5. The number of ether oxygens (including phenoxy) is 1. The number of non-ortho nitro benzene ring substituents is 1. The third-order valence-corrected chi connectivity index (χ3v) is 3.88. The molecule has 0 spiro atoms. The number of benzene rings is 1. The van der Waals surface area contributed by atoms with Crippen LogP contribution in [-0.2, 0) is 0 Å². The van der Waals surface area contributed by atoms with E-state index in [1.165, 1.54) is 12.1 Å². The van der Waals surface area contributed by atoms with E-state index >= 15 is 0 Å². The Labute approximate surface area is 106 Å². The van der Waals surface area contributed by atoms with Gasteiger partial charge in [0.2, 0.25) is 0 Å². The number of nitro benzene ring substituents is 1. The quantitative estimate of drug-likeness (QED) is 0.498. The van der Waals surface area contributed by atoms with Gasteiger partial charge in [-0.25, -0.2) is 0 Å². The summed E-state index contributed by atoms with van der Waals surface area (Å²) >= 11 is 4.30. The summed E-state index contributed by atoms with van der Waals surface area (Å²) in [5, 5.41) is 10.7. The number of aryl methyl sites for hydroxylation is 1. The monoisotopic (exact) mass is 253 g/mol. The predicted octanol–water partition coefficient (Wildman–Crippen LogP) is 2.99. The molecule has 1 aromatic rings. The zero-order valence-corrected chi connectivity index (χ0v) is 10.6. The molecule has 0 saturated heterocycles. The highest BCUT2D eigenvalue weighted by Crippen LogP contribution is 2.46. The van der Waals surface area contributed by atoms with Crippen LogP contribution in [0.4, 0.5) is 5.69 Å². The van der Waals surface area contributed by atoms with Crippen LogP contribution in [0.1, 0.15) is 18.4 Å². The highest BCUT2D eigenvalue weighted by atomic mass is 32.1. The zero-order valence-electron chi connectivity index (χ0n) is 9.68. The van der Waals surface area contributed by atoms with Gasteiger partial charge in [0.15, 0.2) is 0 Å². The first-order valence-corrected chi connectivity index (χ1v) is 6.18. The first kappa shape index (κ1) is 12.2. The molecule has 1 fully saturated rings. The van der Waals surface area contributed by atoms with E-state index in [2.05, 4.69) is 12.6 Å². The van der Waals surface area contributed by atoms with Gasteiger partial charge in [0.1, 0.15) is 5.75 Å². The van der Waals surface area contributed by atoms with Crippen LogP contribution in [0.5, 0.6) is 5.75 Å². The second-order valence-corrected chi connectivity index (χ2v) is 4.97. The normalized spacial score (nSPS) is 16.6. The largest absolute Gasteiger partial charge is 0.492 e. The molecule has 1 aromatic carbocycles. The molecule has 0 amide bonds. The van der Waals surface area contributed by atoms with Crippen LogP contribution in [0.15, 0.2) is 18.2 Å². The van der Waals surface area contributed by atoms with Gasteiger partial charge >= 0.3 is 0 Å². The van der Waals surface area contributed by atoms with E-state index in [1.807, 2.05) is 6.92 Å². The minimum Gasteiger partial charge on any atom is -0.492 e. The highest BCUT2D eigenvalue weighted by molar-refractivity contribution is 7.80. The second-order valence-electron chi connectivity index (χ2n) is 4.65. The van der Waals surface area contributed by atoms with Crippen LogP contribution >= 0.6 is 12.6 Å². The molecule has 0 aliphatic heterocycles. The molecule has 2 rings (SSSR count). The smallest absolute Gasteiger partial charge is 0.273 e. The van der Waals surface area contributed by atoms with Crippen molar-refractivity contribution in [3.05, 3.63) is 33.9 Å². The summed E-state index contributed by atoms with van der Waals surface area (Å²) in [4.78, 5) is 10.3. The van der Waals surface area contributed by atoms with E-state index in [9.17, 15) is 10.1 Å². The Balaban J connectivity index is 2.09. The SMILES string of the molecule is Cc1ccc([N+](=O)[O-])cc1OCC1(CS)CC1. The minimum atomic E-state index is -0.405. The summed E-state index contributed by atoms with van der Waals surface area (Å²) in [6.07, 6.45) is 2.26. The molecule has 0 aromatic heterocycles. The number of rotatable bonds is 5. The Morgan fingerprint density at radius 2 is 2.24 bits per heavy atom. The fraction of sp³-hybridized carbons (Fsp3) is 0.500. The molecule has 1 aliphatic rings. The average molecular weight is 253 g/mol. The average Bonchev–Trinajstić information content (AvgIpc) is 3.08. The molecule has 92 valence electrons. The lowest BCUT2D eigenvalue weighted by atomic mass is 10.1. The van der Waals surface area contributed by atoms with Crippen molar-refractivity contribution in [2.24, 2.45) is 5.41 Å². The Bertz CT molecular complexity index is 443. The molecule has 0 radical (unpaired) electrons. The van der Waals surface area contributed by atoms with Gasteiger partial charge in [-0.05, 0) is 37.1 Å². The van der Waals surface area contributed by atoms with Crippen LogP contribution in [-0.4, -0.2) is 17.3 Å². The molecule has 4 nitrogen and oxygen atoms in total. The Morgan fingerprint density at radius 3 is 2.76 bits per heavy atom. The van der Waals surface area contributed by atoms with Gasteiger partial charge in [0.05, 0.1) is 17.6 Å². The van der Waals surface area contributed by atoms with Gasteiger partial charge in [-0.2, -0.15) is 12.6 Å². The molecule has 0 N–H and O–H groups in total. The number of thiol groups is 1. The van der Waals surface area contributed by atoms with Crippen molar-refractivity contribution in [3.8, 4) is 5.75 Å². The maximum absolute atomic E-state index is 10.7. The molecular formula is C12H15NO3S. The van der Waals surface area contributed by atoms with E-state index in [0.29, 0.717) is 12.4 Å². The van der Waals surface area contributed by atoms with Crippen LogP contribution in [0.2, 0.25) is 0 Å². The molecule has 0 unspecified atom stereocenters. The van der Waals surface area contributed by atoms with Gasteiger partial charge in [0.25, 0.3) is 5.69 Å². The Hall–Kier alpha value is -1.23. The topological polar surface area (TPSA) is 52.4 Å². The lowest BCUT2D eigenvalue weighted by Gasteiger charge is -2.14. The molecule has 0 atom stereocenters. The van der Waals surface area contributed by atoms with Crippen molar-refractivity contribution in [1.82, 2.24) is 0 Å². The molecule has 17 heavy (non-hydrogen) atoms. The van der Waals surface area contributed by atoms with E-state index in [-0.39, 0.29) is 11.1 Å². The number of nitro groups is 1. The minimum absolute atomic E-state index is 0.0707. The molecule has 1 aliphatic carbocycles. The highest BCUT2D eigenvalue weighted by Gasteiger charge is 2.42. The lowest BCUT2D eigenvalue weighted by molar-refractivity contribution is -0.385. The molecule has 1 saturated carbocycles. The summed E-state index contributed by atoms with van der Waals surface area (Å²) in [5.41, 5.74) is 1.19. The third-order valence-electron chi connectivity index (χ3n) is 3.21. The Morgan fingerprint density at radius 1 is 1.53 bits per heavy atom. The van der Waals surface area contributed by atoms with Crippen molar-refractivity contribution >= 4 is 18.3 Å². The van der Waals surface area contributed by atoms with Gasteiger partial charge < -0.3 is 4.74 Å². The summed E-state index contributed by atoms with van der Waals surface area (Å²) in [5.74, 6) is 1.41. The standard InChI is InChI=1S/C12H15NO3S/c1-9-2-3-10(13(14)15)6-11(9)16-7-12(8-17)4-5-12/h2-3,6,17H,4-5,7-8H2,1H3. The number of nitrogens with zero attached hydrogens (tertiary/aromatic N) is 1. The molecular weight excluding hydrogens is 238 g/mol. The van der Waals surface area contributed by atoms with Crippen LogP contribution in [0.25, 0.3) is 0 Å². The van der Waals surface area contributed by atoms with E-state index in [0.717, 1.165) is 24.2 Å². The summed E-state index contributed by atoms with van der Waals surface area (Å²) in [6.45, 7) is 2.48. The number of hydrogen-bond acceptors (Lipinski definition) is 4. The maximum Gasteiger partial charge on any atom is 0.273 e. The lowest BCUT2D eigenvalue weighted by Crippen LogP contribution is -2.15. The van der Waals surface area contributed by atoms with Crippen molar-refractivity contribution in [1.29, 1.82) is 0 Å². The first-order valence-electron chi connectivity index (χ1n) is 5.55. The van der Waals surface area contributed by atoms with Crippen molar-refractivity contribution in [2.45, 2.75) is 19.8 Å². The summed E-state index contributed by atoms with van der Waals surface area (Å²) < 4.78 is 5.69. The van der Waals surface area contributed by atoms with Gasteiger partial charge in [0, 0.05) is 11.5 Å². The Kier molecular flexibility index (Phi) is 3.28. The van der Waals surface area contributed by atoms with Crippen molar-refractivity contribution in [2.75, 3.05) is 12.4 Å². The first-order chi connectivity index (χ1) is 8.06. The fourth-order valence-corrected chi connectivity index (χ4v) is 2.02. The predicted molar refractivity (Wildman–Crippen MR) is 68.8 cm³/mol. The van der Waals surface area contributed by atoms with E-state index < -0.39 is 4.92 Å². The summed E-state index contributed by atoms with van der Waals surface area (Å²) in [7, 11) is 0. The van der Waals surface area contributed by atoms with Gasteiger partial charge in [-0.15, -0.1) is 0 Å². The molecule has 5 heteroatoms. The van der Waals surface area contributed by atoms with Crippen molar-refractivity contribution in [3.63, 3.8) is 0 Å². The van der Waals surface area contributed by atoms with E-state index in [1.54, 1.807) is 6.07 Å². The number of hydrogen-bond donors (Lipinski definition) is 1. The van der Waals surface area contributed by atoms with Gasteiger partial charge in [-0.1, -0.05) is 0 Å². The summed E-state index contributed by atoms with van der Waals surface area (Å²) in [6, 6.07) is 4.70.